The number of benzene rings is 1. The highest BCUT2D eigenvalue weighted by atomic mass is 19.4. The summed E-state index contributed by atoms with van der Waals surface area (Å²) < 4.78 is 49.4. The smallest absolute Gasteiger partial charge is 0.206 e. The third kappa shape index (κ3) is 1.94. The highest BCUT2D eigenvalue weighted by Gasteiger charge is 2.34. The third-order valence-corrected chi connectivity index (χ3v) is 1.44. The van der Waals surface area contributed by atoms with Gasteiger partial charge in [-0.25, -0.2) is 4.39 Å². The highest BCUT2D eigenvalue weighted by molar-refractivity contribution is 5.48. The van der Waals surface area contributed by atoms with Crippen molar-refractivity contribution < 1.29 is 17.6 Å². The van der Waals surface area contributed by atoms with Gasteiger partial charge in [0.1, 0.15) is 5.82 Å². The van der Waals surface area contributed by atoms with E-state index >= 15 is 0 Å². The standard InChI is InChI=1S/C7H3F4N3/c8-5-3-1-2-4(7(9,10)11)6(5)13-14-12/h1-3H. The van der Waals surface area contributed by atoms with Gasteiger partial charge in [-0.05, 0) is 17.7 Å². The van der Waals surface area contributed by atoms with Crippen LogP contribution in [0.1, 0.15) is 5.56 Å². The number of halogens is 4. The van der Waals surface area contributed by atoms with Crippen LogP contribution >= 0.6 is 0 Å². The zero-order chi connectivity index (χ0) is 10.8. The first kappa shape index (κ1) is 10.3. The second-order valence-corrected chi connectivity index (χ2v) is 2.32. The molecule has 0 bridgehead atoms. The Balaban J connectivity index is 3.43. The average Bonchev–Trinajstić information content (AvgIpc) is 2.07. The fourth-order valence-corrected chi connectivity index (χ4v) is 0.890. The van der Waals surface area contributed by atoms with Crippen LogP contribution in [0.25, 0.3) is 10.4 Å². The van der Waals surface area contributed by atoms with Gasteiger partial charge < -0.3 is 0 Å². The summed E-state index contributed by atoms with van der Waals surface area (Å²) in [6.07, 6.45) is -4.73. The van der Waals surface area contributed by atoms with Crippen LogP contribution in [0.4, 0.5) is 23.2 Å². The van der Waals surface area contributed by atoms with E-state index in [1.165, 1.54) is 0 Å². The molecule has 0 aliphatic carbocycles. The Kier molecular flexibility index (Phi) is 2.62. The highest BCUT2D eigenvalue weighted by Crippen LogP contribution is 2.37. The van der Waals surface area contributed by atoms with E-state index in [0.29, 0.717) is 6.07 Å². The number of hydrogen-bond acceptors (Lipinski definition) is 1. The van der Waals surface area contributed by atoms with Gasteiger partial charge in [0.15, 0.2) is 0 Å². The van der Waals surface area contributed by atoms with Crippen molar-refractivity contribution in [1.29, 1.82) is 0 Å². The minimum Gasteiger partial charge on any atom is -0.206 e. The molecule has 0 fully saturated rings. The molecule has 7 heteroatoms. The van der Waals surface area contributed by atoms with Crippen molar-refractivity contribution in [3.63, 3.8) is 0 Å². The third-order valence-electron chi connectivity index (χ3n) is 1.44. The molecule has 1 rings (SSSR count). The monoisotopic (exact) mass is 205 g/mol. The molecule has 0 amide bonds. The Morgan fingerprint density at radius 2 is 1.93 bits per heavy atom. The van der Waals surface area contributed by atoms with Gasteiger partial charge >= 0.3 is 6.18 Å². The predicted octanol–water partition coefficient (Wildman–Crippen LogP) is 3.79. The van der Waals surface area contributed by atoms with E-state index < -0.39 is 23.2 Å². The van der Waals surface area contributed by atoms with Crippen molar-refractivity contribution in [2.24, 2.45) is 5.11 Å². The van der Waals surface area contributed by atoms with Crippen molar-refractivity contribution >= 4 is 5.69 Å². The molecule has 1 aromatic carbocycles. The van der Waals surface area contributed by atoms with E-state index in [2.05, 4.69) is 10.0 Å². The van der Waals surface area contributed by atoms with Gasteiger partial charge in [0.25, 0.3) is 0 Å². The van der Waals surface area contributed by atoms with Crippen molar-refractivity contribution in [1.82, 2.24) is 0 Å². The topological polar surface area (TPSA) is 48.8 Å². The van der Waals surface area contributed by atoms with Crippen LogP contribution in [0.3, 0.4) is 0 Å². The fourth-order valence-electron chi connectivity index (χ4n) is 0.890. The van der Waals surface area contributed by atoms with Crippen LogP contribution in [-0.4, -0.2) is 0 Å². The van der Waals surface area contributed by atoms with Crippen molar-refractivity contribution in [3.05, 3.63) is 40.0 Å². The van der Waals surface area contributed by atoms with E-state index in [9.17, 15) is 17.6 Å². The second-order valence-electron chi connectivity index (χ2n) is 2.32. The number of nitrogens with zero attached hydrogens (tertiary/aromatic N) is 3. The Bertz CT molecular complexity index is 392. The van der Waals surface area contributed by atoms with Gasteiger partial charge in [-0.15, -0.1) is 0 Å². The summed E-state index contributed by atoms with van der Waals surface area (Å²) in [7, 11) is 0. The average molecular weight is 205 g/mol. The number of rotatable bonds is 1. The number of alkyl halides is 3. The predicted molar refractivity (Wildman–Crippen MR) is 40.2 cm³/mol. The van der Waals surface area contributed by atoms with Crippen LogP contribution in [0.15, 0.2) is 23.3 Å². The summed E-state index contributed by atoms with van der Waals surface area (Å²) in [4.78, 5) is 2.13. The summed E-state index contributed by atoms with van der Waals surface area (Å²) in [6.45, 7) is 0. The van der Waals surface area contributed by atoms with Crippen molar-refractivity contribution in [2.45, 2.75) is 6.18 Å². The molecule has 14 heavy (non-hydrogen) atoms. The van der Waals surface area contributed by atoms with Gasteiger partial charge in [-0.3, -0.25) is 0 Å². The zero-order valence-corrected chi connectivity index (χ0v) is 6.59. The molecule has 0 heterocycles. The molecule has 0 radical (unpaired) electrons. The van der Waals surface area contributed by atoms with E-state index in [1.54, 1.807) is 0 Å². The van der Waals surface area contributed by atoms with E-state index in [0.717, 1.165) is 12.1 Å². The van der Waals surface area contributed by atoms with Gasteiger partial charge in [0.2, 0.25) is 0 Å². The molecule has 0 aliphatic rings. The molecule has 3 nitrogen and oxygen atoms in total. The van der Waals surface area contributed by atoms with E-state index in [1.807, 2.05) is 0 Å². The Morgan fingerprint density at radius 3 is 2.43 bits per heavy atom. The van der Waals surface area contributed by atoms with E-state index in [4.69, 9.17) is 5.53 Å². The van der Waals surface area contributed by atoms with Gasteiger partial charge in [0.05, 0.1) is 11.3 Å². The maximum Gasteiger partial charge on any atom is 0.416 e. The lowest BCUT2D eigenvalue weighted by molar-refractivity contribution is -0.137. The first-order chi connectivity index (χ1) is 6.46. The molecule has 0 unspecified atom stereocenters. The molecule has 1 aromatic rings. The molecule has 0 N–H and O–H groups in total. The first-order valence-corrected chi connectivity index (χ1v) is 3.37. The molecule has 0 saturated carbocycles. The minimum absolute atomic E-state index is 0.646. The first-order valence-electron chi connectivity index (χ1n) is 3.37. The van der Waals surface area contributed by atoms with Crippen molar-refractivity contribution in [2.75, 3.05) is 0 Å². The van der Waals surface area contributed by atoms with Gasteiger partial charge in [-0.2, -0.15) is 13.2 Å². The Labute approximate surface area is 75.6 Å². The summed E-state index contributed by atoms with van der Waals surface area (Å²) >= 11 is 0. The fraction of sp³-hybridized carbons (Fsp3) is 0.143. The van der Waals surface area contributed by atoms with Crippen LogP contribution in [0.2, 0.25) is 0 Å². The summed E-state index contributed by atoms with van der Waals surface area (Å²) in [5.74, 6) is -1.20. The molecule has 0 atom stereocenters. The number of azide groups is 1. The lowest BCUT2D eigenvalue weighted by atomic mass is 10.1. The molecule has 0 saturated heterocycles. The minimum atomic E-state index is -4.73. The molecule has 0 aromatic heterocycles. The lowest BCUT2D eigenvalue weighted by Crippen LogP contribution is -2.05. The molecular formula is C7H3F4N3. The quantitative estimate of drug-likeness (QED) is 0.290. The number of hydrogen-bond donors (Lipinski definition) is 0. The molecule has 74 valence electrons. The van der Waals surface area contributed by atoms with E-state index in [-0.39, 0.29) is 0 Å². The van der Waals surface area contributed by atoms with Gasteiger partial charge in [0, 0.05) is 4.91 Å². The normalized spacial score (nSPS) is 10.9. The SMILES string of the molecule is [N-]=[N+]=Nc1c(F)cccc1C(F)(F)F. The van der Waals surface area contributed by atoms with Gasteiger partial charge in [-0.1, -0.05) is 11.2 Å². The molecule has 0 aliphatic heterocycles. The van der Waals surface area contributed by atoms with Crippen molar-refractivity contribution in [3.8, 4) is 0 Å². The van der Waals surface area contributed by atoms with Crippen LogP contribution in [0.5, 0.6) is 0 Å². The maximum absolute atomic E-state index is 12.8. The maximum atomic E-state index is 12.8. The summed E-state index contributed by atoms with van der Waals surface area (Å²) in [6, 6.07) is 2.33. The summed E-state index contributed by atoms with van der Waals surface area (Å²) in [5.41, 5.74) is 5.65. The molecule has 0 spiro atoms. The lowest BCUT2D eigenvalue weighted by Gasteiger charge is -2.09. The van der Waals surface area contributed by atoms with Crippen LogP contribution < -0.4 is 0 Å². The Hall–Kier alpha value is -1.75. The largest absolute Gasteiger partial charge is 0.416 e. The van der Waals surface area contributed by atoms with Crippen LogP contribution in [0, 0.1) is 5.82 Å². The molecular weight excluding hydrogens is 202 g/mol. The summed E-state index contributed by atoms with van der Waals surface area (Å²) in [5, 5.41) is 2.66. The zero-order valence-electron chi connectivity index (χ0n) is 6.59. The van der Waals surface area contributed by atoms with Crippen LogP contribution in [-0.2, 0) is 6.18 Å². The Morgan fingerprint density at radius 1 is 1.29 bits per heavy atom. The second kappa shape index (κ2) is 3.55.